The van der Waals surface area contributed by atoms with Crippen LogP contribution in [0.3, 0.4) is 0 Å². The van der Waals surface area contributed by atoms with Crippen LogP contribution >= 0.6 is 0 Å². The van der Waals surface area contributed by atoms with Crippen LogP contribution in [0.25, 0.3) is 0 Å². The van der Waals surface area contributed by atoms with Crippen LogP contribution in [-0.2, 0) is 14.6 Å². The normalized spacial score (nSPS) is 11.9. The first-order valence-corrected chi connectivity index (χ1v) is 8.91. The molecule has 9 heteroatoms. The molecular weight excluding hydrogens is 308 g/mol. The lowest BCUT2D eigenvalue weighted by molar-refractivity contribution is 0.118. The molecule has 0 aliphatic heterocycles. The summed E-state index contributed by atoms with van der Waals surface area (Å²) in [5.74, 6) is 0. The van der Waals surface area contributed by atoms with Gasteiger partial charge in [-0.05, 0) is 27.2 Å². The van der Waals surface area contributed by atoms with Gasteiger partial charge in [0.05, 0.1) is 11.9 Å². The molecule has 0 aliphatic carbocycles. The number of rotatable bonds is 8. The van der Waals surface area contributed by atoms with Gasteiger partial charge in [-0.3, -0.25) is 0 Å². The molecule has 0 aliphatic rings. The summed E-state index contributed by atoms with van der Waals surface area (Å²) in [6.45, 7) is 8.89. The lowest BCUT2D eigenvalue weighted by Crippen LogP contribution is -2.38. The predicted molar refractivity (Wildman–Crippen MR) is 81.5 cm³/mol. The number of amides is 1. The number of ether oxygens (including phenoxy) is 1. The number of aromatic nitrogens is 3. The highest BCUT2D eigenvalue weighted by Crippen LogP contribution is 2.10. The third kappa shape index (κ3) is 4.51. The molecule has 0 saturated heterocycles. The Kier molecular flexibility index (Phi) is 6.95. The van der Waals surface area contributed by atoms with Crippen LogP contribution in [0.4, 0.5) is 4.79 Å². The van der Waals surface area contributed by atoms with E-state index in [9.17, 15) is 13.2 Å². The summed E-state index contributed by atoms with van der Waals surface area (Å²) in [5, 5.41) is 2.86. The lowest BCUT2D eigenvalue weighted by atomic mass is 10.4. The fourth-order valence-corrected chi connectivity index (χ4v) is 2.54. The molecule has 0 spiro atoms. The SMILES string of the molecule is CCCN(CCOCC)C(=O)n1cnc(S(=O)(=O)C(C)C)n1. The maximum Gasteiger partial charge on any atom is 0.346 e. The van der Waals surface area contributed by atoms with Gasteiger partial charge in [-0.15, -0.1) is 5.10 Å². The van der Waals surface area contributed by atoms with Crippen LogP contribution in [0, 0.1) is 0 Å². The van der Waals surface area contributed by atoms with Crippen molar-refractivity contribution in [3.05, 3.63) is 6.33 Å². The maximum atomic E-state index is 12.4. The van der Waals surface area contributed by atoms with Gasteiger partial charge in [0.15, 0.2) is 0 Å². The number of nitrogens with zero attached hydrogens (tertiary/aromatic N) is 4. The van der Waals surface area contributed by atoms with Crippen molar-refractivity contribution in [3.63, 3.8) is 0 Å². The Morgan fingerprint density at radius 3 is 2.59 bits per heavy atom. The Morgan fingerprint density at radius 1 is 1.36 bits per heavy atom. The predicted octanol–water partition coefficient (Wildman–Crippen LogP) is 1.18. The van der Waals surface area contributed by atoms with Gasteiger partial charge >= 0.3 is 6.03 Å². The quantitative estimate of drug-likeness (QED) is 0.663. The van der Waals surface area contributed by atoms with Crippen molar-refractivity contribution in [2.45, 2.75) is 44.5 Å². The van der Waals surface area contributed by atoms with Gasteiger partial charge < -0.3 is 9.64 Å². The first-order valence-electron chi connectivity index (χ1n) is 7.37. The van der Waals surface area contributed by atoms with Gasteiger partial charge in [0.1, 0.15) is 6.33 Å². The van der Waals surface area contributed by atoms with E-state index in [1.807, 2.05) is 13.8 Å². The first-order chi connectivity index (χ1) is 10.3. The van der Waals surface area contributed by atoms with E-state index in [-0.39, 0.29) is 5.16 Å². The standard InChI is InChI=1S/C13H24N4O4S/c1-5-7-16(8-9-21-6-2)13(18)17-10-14-12(15-17)22(19,20)11(3)4/h10-11H,5-9H2,1-4H3. The molecule has 0 unspecified atom stereocenters. The van der Waals surface area contributed by atoms with Gasteiger partial charge in [-0.2, -0.15) is 4.68 Å². The smallest absolute Gasteiger partial charge is 0.346 e. The molecule has 0 radical (unpaired) electrons. The minimum absolute atomic E-state index is 0.322. The third-order valence-corrected chi connectivity index (χ3v) is 4.95. The summed E-state index contributed by atoms with van der Waals surface area (Å²) in [7, 11) is -3.59. The van der Waals surface area contributed by atoms with Crippen molar-refractivity contribution in [1.29, 1.82) is 0 Å². The summed E-state index contributed by atoms with van der Waals surface area (Å²) in [5.41, 5.74) is 0. The Hall–Kier alpha value is -1.48. The summed E-state index contributed by atoms with van der Waals surface area (Å²) in [4.78, 5) is 17.7. The Morgan fingerprint density at radius 2 is 2.05 bits per heavy atom. The van der Waals surface area contributed by atoms with Gasteiger partial charge in [0.25, 0.3) is 5.16 Å². The molecule has 0 atom stereocenters. The molecule has 1 rings (SSSR count). The molecule has 8 nitrogen and oxygen atoms in total. The van der Waals surface area contributed by atoms with E-state index in [1.54, 1.807) is 18.7 Å². The van der Waals surface area contributed by atoms with Gasteiger partial charge in [-0.25, -0.2) is 18.2 Å². The average molecular weight is 332 g/mol. The van der Waals surface area contributed by atoms with Gasteiger partial charge in [0, 0.05) is 19.7 Å². The largest absolute Gasteiger partial charge is 0.380 e. The molecule has 0 bridgehead atoms. The Bertz CT molecular complexity index is 583. The molecule has 0 fully saturated rings. The fraction of sp³-hybridized carbons (Fsp3) is 0.769. The zero-order valence-corrected chi connectivity index (χ0v) is 14.3. The van der Waals surface area contributed by atoms with E-state index >= 15 is 0 Å². The number of sulfone groups is 1. The highest BCUT2D eigenvalue weighted by Gasteiger charge is 2.26. The van der Waals surface area contributed by atoms with E-state index in [4.69, 9.17) is 4.74 Å². The molecule has 0 aromatic carbocycles. The molecule has 1 heterocycles. The second-order valence-corrected chi connectivity index (χ2v) is 7.43. The first kappa shape index (κ1) is 18.6. The lowest BCUT2D eigenvalue weighted by Gasteiger charge is -2.21. The molecule has 1 aromatic rings. The van der Waals surface area contributed by atoms with Crippen molar-refractivity contribution < 1.29 is 17.9 Å². The highest BCUT2D eigenvalue weighted by atomic mass is 32.2. The number of hydrogen-bond donors (Lipinski definition) is 0. The fourth-order valence-electron chi connectivity index (χ4n) is 1.72. The van der Waals surface area contributed by atoms with E-state index in [0.29, 0.717) is 26.3 Å². The molecule has 22 heavy (non-hydrogen) atoms. The molecular formula is C13H24N4O4S. The minimum atomic E-state index is -3.59. The van der Waals surface area contributed by atoms with Crippen molar-refractivity contribution >= 4 is 15.9 Å². The van der Waals surface area contributed by atoms with Gasteiger partial charge in [-0.1, -0.05) is 6.92 Å². The Balaban J connectivity index is 2.89. The second-order valence-electron chi connectivity index (χ2n) is 5.03. The number of carbonyl (C=O) groups is 1. The number of carbonyl (C=O) groups excluding carboxylic acids is 1. The molecule has 1 amide bonds. The van der Waals surface area contributed by atoms with Crippen molar-refractivity contribution in [2.24, 2.45) is 0 Å². The molecule has 126 valence electrons. The van der Waals surface area contributed by atoms with E-state index in [1.165, 1.54) is 0 Å². The van der Waals surface area contributed by atoms with Crippen molar-refractivity contribution in [1.82, 2.24) is 19.7 Å². The van der Waals surface area contributed by atoms with Crippen LogP contribution in [0.1, 0.15) is 34.1 Å². The van der Waals surface area contributed by atoms with Crippen LogP contribution in [0.5, 0.6) is 0 Å². The summed E-state index contributed by atoms with van der Waals surface area (Å²) in [6.07, 6.45) is 1.92. The molecule has 1 aromatic heterocycles. The van der Waals surface area contributed by atoms with E-state index in [2.05, 4.69) is 10.1 Å². The monoisotopic (exact) mass is 332 g/mol. The van der Waals surface area contributed by atoms with Crippen LogP contribution in [0.2, 0.25) is 0 Å². The molecule has 0 saturated carbocycles. The van der Waals surface area contributed by atoms with Crippen LogP contribution in [-0.4, -0.2) is 65.7 Å². The van der Waals surface area contributed by atoms with Crippen LogP contribution < -0.4 is 0 Å². The van der Waals surface area contributed by atoms with E-state index < -0.39 is 21.1 Å². The minimum Gasteiger partial charge on any atom is -0.380 e. The van der Waals surface area contributed by atoms with Crippen molar-refractivity contribution in [2.75, 3.05) is 26.3 Å². The third-order valence-electron chi connectivity index (χ3n) is 3.02. The summed E-state index contributed by atoms with van der Waals surface area (Å²) < 4.78 is 30.2. The van der Waals surface area contributed by atoms with Crippen molar-refractivity contribution in [3.8, 4) is 0 Å². The summed E-state index contributed by atoms with van der Waals surface area (Å²) in [6, 6.07) is -0.403. The van der Waals surface area contributed by atoms with E-state index in [0.717, 1.165) is 17.4 Å². The Labute approximate surface area is 131 Å². The highest BCUT2D eigenvalue weighted by molar-refractivity contribution is 7.91. The van der Waals surface area contributed by atoms with Gasteiger partial charge in [0.2, 0.25) is 9.84 Å². The number of hydrogen-bond acceptors (Lipinski definition) is 6. The van der Waals surface area contributed by atoms with Crippen LogP contribution in [0.15, 0.2) is 11.5 Å². The zero-order valence-electron chi connectivity index (χ0n) is 13.5. The maximum absolute atomic E-state index is 12.4. The zero-order chi connectivity index (χ0) is 16.8. The average Bonchev–Trinajstić information content (AvgIpc) is 2.96. The topological polar surface area (TPSA) is 94.4 Å². The second kappa shape index (κ2) is 8.23. The molecule has 0 N–H and O–H groups in total. The summed E-state index contributed by atoms with van der Waals surface area (Å²) >= 11 is 0.